The molecule has 21 heavy (non-hydrogen) atoms. The quantitative estimate of drug-likeness (QED) is 0.613. The topological polar surface area (TPSA) is 35.0 Å². The van der Waals surface area contributed by atoms with Crippen molar-refractivity contribution < 1.29 is 4.74 Å². The van der Waals surface area contributed by atoms with Crippen molar-refractivity contribution in [3.63, 3.8) is 0 Å². The van der Waals surface area contributed by atoms with Gasteiger partial charge in [-0.25, -0.2) is 4.98 Å². The molecule has 0 aliphatic heterocycles. The number of thiophene rings is 1. The van der Waals surface area contributed by atoms with Gasteiger partial charge >= 0.3 is 0 Å². The van der Waals surface area contributed by atoms with Crippen molar-refractivity contribution in [2.75, 3.05) is 0 Å². The van der Waals surface area contributed by atoms with E-state index in [1.807, 2.05) is 26.0 Å². The van der Waals surface area contributed by atoms with Gasteiger partial charge in [0.1, 0.15) is 10.6 Å². The van der Waals surface area contributed by atoms with E-state index in [1.165, 1.54) is 4.88 Å². The van der Waals surface area contributed by atoms with E-state index < -0.39 is 0 Å². The van der Waals surface area contributed by atoms with Crippen LogP contribution in [0.2, 0.25) is 5.28 Å². The van der Waals surface area contributed by atoms with Gasteiger partial charge in [0.15, 0.2) is 0 Å². The Labute approximate surface area is 132 Å². The fourth-order valence-electron chi connectivity index (χ4n) is 2.09. The molecule has 3 nitrogen and oxygen atoms in total. The number of halogens is 1. The molecule has 0 aliphatic rings. The highest BCUT2D eigenvalue weighted by molar-refractivity contribution is 7.18. The number of ether oxygens (including phenoxy) is 1. The molecule has 0 aliphatic carbocycles. The molecule has 2 aromatic heterocycles. The van der Waals surface area contributed by atoms with Crippen LogP contribution in [0.5, 0.6) is 11.6 Å². The monoisotopic (exact) mass is 318 g/mol. The van der Waals surface area contributed by atoms with Crippen LogP contribution in [0, 0.1) is 13.8 Å². The van der Waals surface area contributed by atoms with Gasteiger partial charge in [0.2, 0.25) is 11.2 Å². The summed E-state index contributed by atoms with van der Waals surface area (Å²) in [5.41, 5.74) is 2.21. The minimum absolute atomic E-state index is 0.215. The molecular formula is C16H15ClN2OS. The number of benzene rings is 1. The number of nitrogens with zero attached hydrogens (tertiary/aromatic N) is 2. The zero-order valence-corrected chi connectivity index (χ0v) is 13.7. The van der Waals surface area contributed by atoms with Crippen molar-refractivity contribution in [2.24, 2.45) is 0 Å². The van der Waals surface area contributed by atoms with Crippen molar-refractivity contribution in [3.8, 4) is 11.6 Å². The van der Waals surface area contributed by atoms with Crippen LogP contribution in [0.1, 0.15) is 22.9 Å². The highest BCUT2D eigenvalue weighted by Crippen LogP contribution is 2.35. The largest absolute Gasteiger partial charge is 0.438 e. The SMILES string of the molecule is CCc1cc2c(Oc3cc(C)ccc3C)nc(Cl)nc2s1. The molecule has 0 saturated heterocycles. The summed E-state index contributed by atoms with van der Waals surface area (Å²) in [6, 6.07) is 8.18. The van der Waals surface area contributed by atoms with Crippen molar-refractivity contribution in [1.29, 1.82) is 0 Å². The zero-order chi connectivity index (χ0) is 15.0. The zero-order valence-electron chi connectivity index (χ0n) is 12.1. The Morgan fingerprint density at radius 2 is 2.00 bits per heavy atom. The molecule has 0 bridgehead atoms. The molecule has 2 heterocycles. The lowest BCUT2D eigenvalue weighted by molar-refractivity contribution is 0.464. The lowest BCUT2D eigenvalue weighted by atomic mass is 10.1. The van der Waals surface area contributed by atoms with Crippen molar-refractivity contribution in [1.82, 2.24) is 9.97 Å². The van der Waals surface area contributed by atoms with Gasteiger partial charge in [-0.2, -0.15) is 4.98 Å². The van der Waals surface area contributed by atoms with Crippen LogP contribution in [-0.2, 0) is 6.42 Å². The normalized spacial score (nSPS) is 11.0. The van der Waals surface area contributed by atoms with Gasteiger partial charge in [-0.15, -0.1) is 11.3 Å². The maximum absolute atomic E-state index is 6.02. The second kappa shape index (κ2) is 5.62. The number of aryl methyl sites for hydroxylation is 3. The molecule has 0 saturated carbocycles. The molecule has 0 radical (unpaired) electrons. The van der Waals surface area contributed by atoms with Gasteiger partial charge in [-0.3, -0.25) is 0 Å². The van der Waals surface area contributed by atoms with Crippen LogP contribution in [0.3, 0.4) is 0 Å². The van der Waals surface area contributed by atoms with Gasteiger partial charge in [-0.05, 0) is 55.1 Å². The number of hydrogen-bond donors (Lipinski definition) is 0. The summed E-state index contributed by atoms with van der Waals surface area (Å²) >= 11 is 7.65. The van der Waals surface area contributed by atoms with E-state index in [1.54, 1.807) is 11.3 Å². The standard InChI is InChI=1S/C16H15ClN2OS/c1-4-11-8-12-14(18-16(17)19-15(12)21-11)20-13-7-9(2)5-6-10(13)3/h5-8H,4H2,1-3H3. The first-order valence-corrected chi connectivity index (χ1v) is 7.97. The van der Waals surface area contributed by atoms with Gasteiger partial charge in [0.25, 0.3) is 0 Å². The van der Waals surface area contributed by atoms with Crippen LogP contribution in [0.4, 0.5) is 0 Å². The molecule has 3 aromatic rings. The summed E-state index contributed by atoms with van der Waals surface area (Å²) in [6.07, 6.45) is 0.960. The van der Waals surface area contributed by atoms with Gasteiger partial charge in [-0.1, -0.05) is 19.1 Å². The van der Waals surface area contributed by atoms with Crippen molar-refractivity contribution >= 4 is 33.2 Å². The average molecular weight is 319 g/mol. The highest BCUT2D eigenvalue weighted by atomic mass is 35.5. The summed E-state index contributed by atoms with van der Waals surface area (Å²) in [4.78, 5) is 10.6. The predicted octanol–water partition coefficient (Wildman–Crippen LogP) is 5.32. The third kappa shape index (κ3) is 2.87. The van der Waals surface area contributed by atoms with E-state index >= 15 is 0 Å². The Hall–Kier alpha value is -1.65. The molecule has 5 heteroatoms. The Balaban J connectivity index is 2.11. The molecular weight excluding hydrogens is 304 g/mol. The van der Waals surface area contributed by atoms with E-state index in [0.29, 0.717) is 5.88 Å². The number of rotatable bonds is 3. The first-order valence-electron chi connectivity index (χ1n) is 6.78. The van der Waals surface area contributed by atoms with Crippen LogP contribution >= 0.6 is 22.9 Å². The summed E-state index contributed by atoms with van der Waals surface area (Å²) in [7, 11) is 0. The van der Waals surface area contributed by atoms with Crippen LogP contribution in [-0.4, -0.2) is 9.97 Å². The summed E-state index contributed by atoms with van der Waals surface area (Å²) in [6.45, 7) is 6.17. The maximum Gasteiger partial charge on any atom is 0.232 e. The Bertz CT molecular complexity index is 813. The molecule has 0 spiro atoms. The van der Waals surface area contributed by atoms with E-state index in [4.69, 9.17) is 16.3 Å². The van der Waals surface area contributed by atoms with E-state index in [0.717, 1.165) is 33.5 Å². The summed E-state index contributed by atoms with van der Waals surface area (Å²) in [5.74, 6) is 1.32. The van der Waals surface area contributed by atoms with Gasteiger partial charge < -0.3 is 4.74 Å². The molecule has 3 rings (SSSR count). The Morgan fingerprint density at radius 1 is 1.19 bits per heavy atom. The first-order chi connectivity index (χ1) is 10.1. The lowest BCUT2D eigenvalue weighted by Crippen LogP contribution is -1.93. The first kappa shape index (κ1) is 14.3. The number of hydrogen-bond acceptors (Lipinski definition) is 4. The lowest BCUT2D eigenvalue weighted by Gasteiger charge is -2.09. The van der Waals surface area contributed by atoms with Crippen molar-refractivity contribution in [2.45, 2.75) is 27.2 Å². The number of aromatic nitrogens is 2. The van der Waals surface area contributed by atoms with E-state index in [9.17, 15) is 0 Å². The van der Waals surface area contributed by atoms with Crippen LogP contribution in [0.15, 0.2) is 24.3 Å². The predicted molar refractivity (Wildman–Crippen MR) is 87.8 cm³/mol. The maximum atomic E-state index is 6.02. The van der Waals surface area contributed by atoms with E-state index in [-0.39, 0.29) is 5.28 Å². The third-order valence-electron chi connectivity index (χ3n) is 3.28. The second-order valence-corrected chi connectivity index (χ2v) is 6.41. The third-order valence-corrected chi connectivity index (χ3v) is 4.62. The van der Waals surface area contributed by atoms with E-state index in [2.05, 4.69) is 29.0 Å². The number of fused-ring (bicyclic) bond motifs is 1. The summed E-state index contributed by atoms with van der Waals surface area (Å²) < 4.78 is 6.01. The van der Waals surface area contributed by atoms with Crippen LogP contribution < -0.4 is 4.74 Å². The Morgan fingerprint density at radius 3 is 2.76 bits per heavy atom. The highest BCUT2D eigenvalue weighted by Gasteiger charge is 2.13. The minimum Gasteiger partial charge on any atom is -0.438 e. The fraction of sp³-hybridized carbons (Fsp3) is 0.250. The molecule has 0 amide bonds. The molecule has 0 unspecified atom stereocenters. The van der Waals surface area contributed by atoms with Gasteiger partial charge in [0.05, 0.1) is 5.39 Å². The molecule has 0 atom stereocenters. The minimum atomic E-state index is 0.215. The van der Waals surface area contributed by atoms with Crippen LogP contribution in [0.25, 0.3) is 10.2 Å². The molecule has 1 aromatic carbocycles. The Kier molecular flexibility index (Phi) is 3.83. The summed E-state index contributed by atoms with van der Waals surface area (Å²) in [5, 5.41) is 1.13. The fourth-order valence-corrected chi connectivity index (χ4v) is 3.26. The van der Waals surface area contributed by atoms with Crippen molar-refractivity contribution in [3.05, 3.63) is 45.6 Å². The average Bonchev–Trinajstić information content (AvgIpc) is 2.86. The molecule has 108 valence electrons. The molecule has 0 fully saturated rings. The second-order valence-electron chi connectivity index (χ2n) is 4.95. The van der Waals surface area contributed by atoms with Gasteiger partial charge in [0, 0.05) is 4.88 Å². The molecule has 0 N–H and O–H groups in total. The smallest absolute Gasteiger partial charge is 0.232 e.